The molecule has 0 saturated carbocycles. The predicted octanol–water partition coefficient (Wildman–Crippen LogP) is 5.03. The van der Waals surface area contributed by atoms with Crippen molar-refractivity contribution in [1.82, 2.24) is 0 Å². The summed E-state index contributed by atoms with van der Waals surface area (Å²) in [5.74, 6) is 0. The Balaban J connectivity index is 2.32. The molecule has 2 rings (SSSR count). The molecule has 0 spiro atoms. The van der Waals surface area contributed by atoms with Crippen LogP contribution in [-0.4, -0.2) is 0 Å². The average Bonchev–Trinajstić information content (AvgIpc) is 2.40. The Hall–Kier alpha value is -1.82. The quantitative estimate of drug-likeness (QED) is 0.638. The largest absolute Gasteiger partial charge is 0.103 e. The summed E-state index contributed by atoms with van der Waals surface area (Å²) in [6.45, 7) is 6.02. The van der Waals surface area contributed by atoms with E-state index in [0.29, 0.717) is 0 Å². The van der Waals surface area contributed by atoms with Gasteiger partial charge in [-0.05, 0) is 35.1 Å². The van der Waals surface area contributed by atoms with Crippen LogP contribution in [0.5, 0.6) is 0 Å². The molecule has 0 heteroatoms. The van der Waals surface area contributed by atoms with Gasteiger partial charge in [-0.15, -0.1) is 6.58 Å². The minimum Gasteiger partial charge on any atom is -0.103 e. The van der Waals surface area contributed by atoms with Crippen molar-refractivity contribution in [2.75, 3.05) is 0 Å². The van der Waals surface area contributed by atoms with E-state index >= 15 is 0 Å². The van der Waals surface area contributed by atoms with Crippen LogP contribution in [0.1, 0.15) is 24.5 Å². The zero-order chi connectivity index (χ0) is 12.8. The fourth-order valence-corrected chi connectivity index (χ4v) is 2.24. The molecule has 0 N–H and O–H groups in total. The molecule has 0 aromatic heterocycles. The summed E-state index contributed by atoms with van der Waals surface area (Å²) in [6, 6.07) is 17.6. The zero-order valence-corrected chi connectivity index (χ0v) is 11.0. The van der Waals surface area contributed by atoms with E-state index in [1.807, 2.05) is 6.08 Å². The molecule has 0 radical (unpaired) electrons. The molecule has 0 atom stereocenters. The monoisotopic (exact) mass is 236 g/mol. The molecule has 92 valence electrons. The molecule has 2 aromatic rings. The van der Waals surface area contributed by atoms with Gasteiger partial charge in [-0.25, -0.2) is 0 Å². The molecular formula is C18H20. The van der Waals surface area contributed by atoms with E-state index in [1.165, 1.54) is 28.7 Å². The van der Waals surface area contributed by atoms with E-state index in [2.05, 4.69) is 62.0 Å². The molecule has 18 heavy (non-hydrogen) atoms. The normalized spacial score (nSPS) is 10.3. The van der Waals surface area contributed by atoms with Gasteiger partial charge in [-0.2, -0.15) is 0 Å². The van der Waals surface area contributed by atoms with Crippen molar-refractivity contribution in [1.29, 1.82) is 0 Å². The third kappa shape index (κ3) is 3.10. The van der Waals surface area contributed by atoms with Crippen molar-refractivity contribution in [2.45, 2.75) is 26.2 Å². The summed E-state index contributed by atoms with van der Waals surface area (Å²) in [5, 5.41) is 0. The number of hydrogen-bond donors (Lipinski definition) is 0. The van der Waals surface area contributed by atoms with Crippen molar-refractivity contribution < 1.29 is 0 Å². The van der Waals surface area contributed by atoms with Gasteiger partial charge in [0.05, 0.1) is 0 Å². The first kappa shape index (κ1) is 12.6. The average molecular weight is 236 g/mol. The minimum atomic E-state index is 0.933. The fourth-order valence-electron chi connectivity index (χ4n) is 2.24. The zero-order valence-electron chi connectivity index (χ0n) is 11.0. The Kier molecular flexibility index (Phi) is 4.35. The van der Waals surface area contributed by atoms with Gasteiger partial charge in [-0.3, -0.25) is 0 Å². The van der Waals surface area contributed by atoms with Crippen molar-refractivity contribution in [3.63, 3.8) is 0 Å². The standard InChI is InChI=1S/C18H20/c1-3-7-15-9-5-11-17(13-15)18-12-6-10-16(14-18)8-4-2/h3,5-6,9-14H,1,4,7-8H2,2H3. The Bertz CT molecular complexity index is 523. The SMILES string of the molecule is C=CCc1cccc(-c2cccc(CCC)c2)c1. The van der Waals surface area contributed by atoms with Crippen LogP contribution in [0.25, 0.3) is 11.1 Å². The van der Waals surface area contributed by atoms with Gasteiger partial charge < -0.3 is 0 Å². The topological polar surface area (TPSA) is 0 Å². The number of benzene rings is 2. The molecule has 0 amide bonds. The van der Waals surface area contributed by atoms with E-state index < -0.39 is 0 Å². The first-order valence-electron chi connectivity index (χ1n) is 6.62. The second kappa shape index (κ2) is 6.20. The van der Waals surface area contributed by atoms with Crippen LogP contribution in [0.3, 0.4) is 0 Å². The van der Waals surface area contributed by atoms with Crippen LogP contribution in [-0.2, 0) is 12.8 Å². The molecule has 0 bridgehead atoms. The van der Waals surface area contributed by atoms with E-state index in [-0.39, 0.29) is 0 Å². The Morgan fingerprint density at radius 3 is 2.17 bits per heavy atom. The highest BCUT2D eigenvalue weighted by atomic mass is 14.0. The molecule has 0 fully saturated rings. The highest BCUT2D eigenvalue weighted by Crippen LogP contribution is 2.22. The van der Waals surface area contributed by atoms with Crippen molar-refractivity contribution in [3.8, 4) is 11.1 Å². The van der Waals surface area contributed by atoms with E-state index in [4.69, 9.17) is 0 Å². The van der Waals surface area contributed by atoms with Gasteiger partial charge in [0.15, 0.2) is 0 Å². The van der Waals surface area contributed by atoms with E-state index in [0.717, 1.165) is 12.8 Å². The summed E-state index contributed by atoms with van der Waals surface area (Å²) in [5.41, 5.74) is 5.35. The molecule has 0 aliphatic heterocycles. The second-order valence-electron chi connectivity index (χ2n) is 4.64. The lowest BCUT2D eigenvalue weighted by Gasteiger charge is -2.06. The lowest BCUT2D eigenvalue weighted by atomic mass is 9.99. The van der Waals surface area contributed by atoms with Gasteiger partial charge in [0.25, 0.3) is 0 Å². The van der Waals surface area contributed by atoms with E-state index in [9.17, 15) is 0 Å². The Morgan fingerprint density at radius 2 is 1.56 bits per heavy atom. The lowest BCUT2D eigenvalue weighted by molar-refractivity contribution is 0.922. The molecular weight excluding hydrogens is 216 g/mol. The van der Waals surface area contributed by atoms with Gasteiger partial charge in [0.2, 0.25) is 0 Å². The molecule has 0 nitrogen and oxygen atoms in total. The fraction of sp³-hybridized carbons (Fsp3) is 0.222. The van der Waals surface area contributed by atoms with Gasteiger partial charge in [0.1, 0.15) is 0 Å². The van der Waals surface area contributed by atoms with Crippen LogP contribution in [0, 0.1) is 0 Å². The van der Waals surface area contributed by atoms with Crippen molar-refractivity contribution in [2.24, 2.45) is 0 Å². The first-order chi connectivity index (χ1) is 8.83. The molecule has 0 aliphatic rings. The maximum atomic E-state index is 3.80. The van der Waals surface area contributed by atoms with Crippen molar-refractivity contribution >= 4 is 0 Å². The molecule has 0 aliphatic carbocycles. The molecule has 0 heterocycles. The minimum absolute atomic E-state index is 0.933. The molecule has 0 saturated heterocycles. The van der Waals surface area contributed by atoms with Gasteiger partial charge in [0, 0.05) is 0 Å². The van der Waals surface area contributed by atoms with Crippen LogP contribution >= 0.6 is 0 Å². The lowest BCUT2D eigenvalue weighted by Crippen LogP contribution is -1.86. The summed E-state index contributed by atoms with van der Waals surface area (Å²) < 4.78 is 0. The molecule has 0 unspecified atom stereocenters. The van der Waals surface area contributed by atoms with E-state index in [1.54, 1.807) is 0 Å². The van der Waals surface area contributed by atoms with Crippen molar-refractivity contribution in [3.05, 3.63) is 72.3 Å². The Morgan fingerprint density at radius 1 is 0.944 bits per heavy atom. The number of rotatable bonds is 5. The second-order valence-corrected chi connectivity index (χ2v) is 4.64. The number of allylic oxidation sites excluding steroid dienone is 1. The number of aryl methyl sites for hydroxylation is 1. The number of hydrogen-bond acceptors (Lipinski definition) is 0. The summed E-state index contributed by atoms with van der Waals surface area (Å²) >= 11 is 0. The van der Waals surface area contributed by atoms with Crippen LogP contribution in [0.2, 0.25) is 0 Å². The maximum Gasteiger partial charge on any atom is -0.00999 e. The first-order valence-corrected chi connectivity index (χ1v) is 6.62. The summed E-state index contributed by atoms with van der Waals surface area (Å²) in [6.07, 6.45) is 5.23. The van der Waals surface area contributed by atoms with Crippen LogP contribution < -0.4 is 0 Å². The summed E-state index contributed by atoms with van der Waals surface area (Å²) in [4.78, 5) is 0. The Labute approximate surface area is 110 Å². The summed E-state index contributed by atoms with van der Waals surface area (Å²) in [7, 11) is 0. The van der Waals surface area contributed by atoms with Crippen LogP contribution in [0.4, 0.5) is 0 Å². The van der Waals surface area contributed by atoms with Gasteiger partial charge >= 0.3 is 0 Å². The highest BCUT2D eigenvalue weighted by Gasteiger charge is 2.00. The maximum absolute atomic E-state index is 3.80. The predicted molar refractivity (Wildman–Crippen MR) is 79.8 cm³/mol. The van der Waals surface area contributed by atoms with Gasteiger partial charge in [-0.1, -0.05) is 68.0 Å². The van der Waals surface area contributed by atoms with Crippen LogP contribution in [0.15, 0.2) is 61.2 Å². The molecule has 2 aromatic carbocycles. The third-order valence-electron chi connectivity index (χ3n) is 3.11. The highest BCUT2D eigenvalue weighted by molar-refractivity contribution is 5.65. The smallest absolute Gasteiger partial charge is 0.00999 e. The third-order valence-corrected chi connectivity index (χ3v) is 3.11.